The number of halogens is 2. The zero-order valence-electron chi connectivity index (χ0n) is 18.6. The predicted molar refractivity (Wildman–Crippen MR) is 126 cm³/mol. The van der Waals surface area contributed by atoms with Crippen molar-refractivity contribution in [3.63, 3.8) is 0 Å². The Kier molecular flexibility index (Phi) is 6.02. The summed E-state index contributed by atoms with van der Waals surface area (Å²) < 4.78 is 30.3. The van der Waals surface area contributed by atoms with Crippen molar-refractivity contribution in [2.75, 3.05) is 12.4 Å². The number of nitrogens with one attached hydrogen (secondary N) is 2. The maximum atomic E-state index is 14.3. The molecule has 7 nitrogen and oxygen atoms in total. The number of rotatable bonds is 7. The Morgan fingerprint density at radius 2 is 1.71 bits per heavy atom. The van der Waals surface area contributed by atoms with Gasteiger partial charge in [0.1, 0.15) is 0 Å². The Morgan fingerprint density at radius 3 is 2.35 bits per heavy atom. The molecule has 1 heterocycles. The zero-order chi connectivity index (χ0) is 24.5. The number of amides is 2. The van der Waals surface area contributed by atoms with E-state index >= 15 is 0 Å². The Bertz CT molecular complexity index is 1370. The van der Waals surface area contributed by atoms with E-state index in [0.717, 1.165) is 6.92 Å². The van der Waals surface area contributed by atoms with Crippen molar-refractivity contribution < 1.29 is 18.4 Å². The lowest BCUT2D eigenvalue weighted by molar-refractivity contribution is 0.0164. The summed E-state index contributed by atoms with van der Waals surface area (Å²) in [6, 6.07) is 17.9. The van der Waals surface area contributed by atoms with E-state index in [4.69, 9.17) is 5.73 Å². The molecule has 0 aliphatic heterocycles. The van der Waals surface area contributed by atoms with Gasteiger partial charge in [0.05, 0.1) is 17.6 Å². The van der Waals surface area contributed by atoms with Crippen molar-refractivity contribution in [2.45, 2.75) is 19.4 Å². The lowest BCUT2D eigenvalue weighted by atomic mass is 10.0. The maximum absolute atomic E-state index is 14.3. The molecule has 0 aliphatic rings. The monoisotopic (exact) mass is 463 g/mol. The standard InChI is InChI=1S/C25H23F2N5O2/c1-25(26,27)19-6-4-3-5-17(19)14-32-21-12-9-16(22(28)33)13-20(21)31-24(32)30-18-10-7-15(8-11-18)23(34)29-2/h3-13H,14H2,1-2H3,(H2,28,33)(H,29,34)(H,30,31). The van der Waals surface area contributed by atoms with Crippen molar-refractivity contribution in [3.05, 3.63) is 89.0 Å². The van der Waals surface area contributed by atoms with Crippen LogP contribution in [0.2, 0.25) is 0 Å². The van der Waals surface area contributed by atoms with Crippen LogP contribution in [0.5, 0.6) is 0 Å². The van der Waals surface area contributed by atoms with E-state index in [1.807, 2.05) is 0 Å². The van der Waals surface area contributed by atoms with E-state index in [9.17, 15) is 18.4 Å². The number of hydrogen-bond acceptors (Lipinski definition) is 4. The smallest absolute Gasteiger partial charge is 0.270 e. The third-order valence-electron chi connectivity index (χ3n) is 5.48. The van der Waals surface area contributed by atoms with Gasteiger partial charge in [0.2, 0.25) is 11.9 Å². The molecular formula is C25H23F2N5O2. The molecule has 0 saturated heterocycles. The van der Waals surface area contributed by atoms with Crippen LogP contribution in [0.1, 0.15) is 38.8 Å². The minimum absolute atomic E-state index is 0.0773. The summed E-state index contributed by atoms with van der Waals surface area (Å²) in [6.45, 7) is 0.981. The quantitative estimate of drug-likeness (QED) is 0.378. The molecule has 3 aromatic carbocycles. The number of nitrogens with zero attached hydrogens (tertiary/aromatic N) is 2. The molecule has 174 valence electrons. The number of hydrogen-bond donors (Lipinski definition) is 3. The second kappa shape index (κ2) is 8.93. The first-order valence-corrected chi connectivity index (χ1v) is 10.5. The number of nitrogens with two attached hydrogens (primary N) is 1. The van der Waals surface area contributed by atoms with E-state index in [2.05, 4.69) is 15.6 Å². The molecular weight excluding hydrogens is 440 g/mol. The van der Waals surface area contributed by atoms with Gasteiger partial charge in [-0.2, -0.15) is 0 Å². The van der Waals surface area contributed by atoms with Crippen molar-refractivity contribution in [1.82, 2.24) is 14.9 Å². The van der Waals surface area contributed by atoms with Gasteiger partial charge in [-0.3, -0.25) is 9.59 Å². The summed E-state index contributed by atoms with van der Waals surface area (Å²) in [5.74, 6) is -3.44. The fourth-order valence-corrected chi connectivity index (χ4v) is 3.77. The van der Waals surface area contributed by atoms with Crippen LogP contribution < -0.4 is 16.4 Å². The maximum Gasteiger partial charge on any atom is 0.270 e. The lowest BCUT2D eigenvalue weighted by Crippen LogP contribution is -2.17. The van der Waals surface area contributed by atoms with Crippen LogP contribution in [0.25, 0.3) is 11.0 Å². The SMILES string of the molecule is CNC(=O)c1ccc(Nc2nc3cc(C(N)=O)ccc3n2Cc2ccccc2C(C)(F)F)cc1. The van der Waals surface area contributed by atoms with Crippen LogP contribution in [0.3, 0.4) is 0 Å². The molecule has 0 spiro atoms. The molecule has 9 heteroatoms. The number of benzene rings is 3. The third kappa shape index (κ3) is 4.59. The van der Waals surface area contributed by atoms with Crippen LogP contribution in [0.4, 0.5) is 20.4 Å². The predicted octanol–water partition coefficient (Wildman–Crippen LogP) is 4.40. The summed E-state index contributed by atoms with van der Waals surface area (Å²) in [5.41, 5.74) is 8.33. The van der Waals surface area contributed by atoms with Gasteiger partial charge in [0.25, 0.3) is 11.8 Å². The molecule has 4 rings (SSSR count). The minimum atomic E-state index is -3.02. The van der Waals surface area contributed by atoms with Gasteiger partial charge < -0.3 is 20.9 Å². The third-order valence-corrected chi connectivity index (χ3v) is 5.48. The van der Waals surface area contributed by atoms with Gasteiger partial charge in [0, 0.05) is 36.3 Å². The first-order valence-electron chi connectivity index (χ1n) is 10.5. The van der Waals surface area contributed by atoms with E-state index in [1.54, 1.807) is 72.3 Å². The molecule has 0 radical (unpaired) electrons. The van der Waals surface area contributed by atoms with Crippen molar-refractivity contribution in [3.8, 4) is 0 Å². The molecule has 0 saturated carbocycles. The molecule has 4 aromatic rings. The Morgan fingerprint density at radius 1 is 1.03 bits per heavy atom. The van der Waals surface area contributed by atoms with E-state index in [1.165, 1.54) is 6.07 Å². The largest absolute Gasteiger partial charge is 0.366 e. The van der Waals surface area contributed by atoms with Gasteiger partial charge in [0.15, 0.2) is 0 Å². The topological polar surface area (TPSA) is 102 Å². The number of carbonyl (C=O) groups is 2. The fourth-order valence-electron chi connectivity index (χ4n) is 3.77. The Hall–Kier alpha value is -4.27. The van der Waals surface area contributed by atoms with Crippen molar-refractivity contribution in [2.24, 2.45) is 5.73 Å². The number of primary amides is 1. The van der Waals surface area contributed by atoms with Crippen LogP contribution in [0.15, 0.2) is 66.7 Å². The number of fused-ring (bicyclic) bond motifs is 1. The lowest BCUT2D eigenvalue weighted by Gasteiger charge is -2.18. The molecule has 0 bridgehead atoms. The average Bonchev–Trinajstić information content (AvgIpc) is 3.14. The number of alkyl halides is 2. The summed E-state index contributed by atoms with van der Waals surface area (Å²) >= 11 is 0. The van der Waals surface area contributed by atoms with Gasteiger partial charge in [-0.25, -0.2) is 13.8 Å². The van der Waals surface area contributed by atoms with Crippen LogP contribution >= 0.6 is 0 Å². The zero-order valence-corrected chi connectivity index (χ0v) is 18.6. The molecule has 0 atom stereocenters. The highest BCUT2D eigenvalue weighted by Crippen LogP contribution is 2.32. The summed E-state index contributed by atoms with van der Waals surface area (Å²) in [7, 11) is 1.55. The molecule has 1 aromatic heterocycles. The summed E-state index contributed by atoms with van der Waals surface area (Å²) in [5, 5.41) is 5.75. The van der Waals surface area contributed by atoms with Crippen LogP contribution in [0, 0.1) is 0 Å². The normalized spacial score (nSPS) is 11.4. The summed E-state index contributed by atoms with van der Waals surface area (Å²) in [6.07, 6.45) is 0. The van der Waals surface area contributed by atoms with Gasteiger partial charge in [-0.1, -0.05) is 24.3 Å². The van der Waals surface area contributed by atoms with Gasteiger partial charge >= 0.3 is 0 Å². The van der Waals surface area contributed by atoms with E-state index < -0.39 is 11.8 Å². The fraction of sp³-hybridized carbons (Fsp3) is 0.160. The molecule has 2 amide bonds. The number of carbonyl (C=O) groups excluding carboxylic acids is 2. The first kappa shape index (κ1) is 22.9. The number of anilines is 2. The molecule has 4 N–H and O–H groups in total. The number of imidazole rings is 1. The van der Waals surface area contributed by atoms with Crippen molar-refractivity contribution >= 4 is 34.5 Å². The highest BCUT2D eigenvalue weighted by molar-refractivity contribution is 5.97. The van der Waals surface area contributed by atoms with Crippen LogP contribution in [-0.4, -0.2) is 28.4 Å². The van der Waals surface area contributed by atoms with E-state index in [0.29, 0.717) is 39.4 Å². The van der Waals surface area contributed by atoms with E-state index in [-0.39, 0.29) is 18.0 Å². The molecule has 0 fully saturated rings. The first-order chi connectivity index (χ1) is 16.2. The Balaban J connectivity index is 1.79. The van der Waals surface area contributed by atoms with Crippen molar-refractivity contribution in [1.29, 1.82) is 0 Å². The molecule has 0 unspecified atom stereocenters. The minimum Gasteiger partial charge on any atom is -0.366 e. The second-order valence-corrected chi connectivity index (χ2v) is 7.92. The van der Waals surface area contributed by atoms with Gasteiger partial charge in [-0.05, 0) is 48.0 Å². The molecule has 0 aliphatic carbocycles. The molecule has 34 heavy (non-hydrogen) atoms. The Labute approximate surface area is 194 Å². The summed E-state index contributed by atoms with van der Waals surface area (Å²) in [4.78, 5) is 28.0. The number of aromatic nitrogens is 2. The highest BCUT2D eigenvalue weighted by Gasteiger charge is 2.27. The highest BCUT2D eigenvalue weighted by atomic mass is 19.3. The van der Waals surface area contributed by atoms with Crippen LogP contribution in [-0.2, 0) is 12.5 Å². The van der Waals surface area contributed by atoms with Gasteiger partial charge in [-0.15, -0.1) is 0 Å². The second-order valence-electron chi connectivity index (χ2n) is 7.92. The average molecular weight is 463 g/mol.